The van der Waals surface area contributed by atoms with Crippen LogP contribution in [0.5, 0.6) is 11.5 Å². The molecule has 0 N–H and O–H groups in total. The van der Waals surface area contributed by atoms with Crippen molar-refractivity contribution in [3.8, 4) is 11.5 Å². The van der Waals surface area contributed by atoms with Crippen molar-refractivity contribution in [1.82, 2.24) is 9.80 Å². The van der Waals surface area contributed by atoms with Crippen LogP contribution in [-0.4, -0.2) is 61.8 Å². The molecule has 1 heterocycles. The van der Waals surface area contributed by atoms with E-state index in [1.807, 2.05) is 12.1 Å². The summed E-state index contributed by atoms with van der Waals surface area (Å²) in [6, 6.07) is 30.4. The molecule has 2 aliphatic rings. The van der Waals surface area contributed by atoms with Gasteiger partial charge in [0.1, 0.15) is 11.5 Å². The number of ketones is 2. The van der Waals surface area contributed by atoms with Crippen LogP contribution in [0.15, 0.2) is 91.0 Å². The van der Waals surface area contributed by atoms with Crippen LogP contribution in [0.2, 0.25) is 0 Å². The summed E-state index contributed by atoms with van der Waals surface area (Å²) in [5.74, 6) is 0.401. The van der Waals surface area contributed by atoms with Crippen LogP contribution in [0.25, 0.3) is 0 Å². The average molecular weight is 533 g/mol. The fraction of sp³-hybridized carbons (Fsp3) is 0.235. The van der Waals surface area contributed by atoms with Crippen LogP contribution < -0.4 is 9.47 Å². The Kier molecular flexibility index (Phi) is 7.20. The van der Waals surface area contributed by atoms with Crippen molar-refractivity contribution in [2.24, 2.45) is 0 Å². The lowest BCUT2D eigenvalue weighted by Gasteiger charge is -2.40. The Morgan fingerprint density at radius 2 is 1.25 bits per heavy atom. The van der Waals surface area contributed by atoms with Crippen molar-refractivity contribution >= 4 is 11.6 Å². The maximum Gasteiger partial charge on any atom is 0.201 e. The van der Waals surface area contributed by atoms with Gasteiger partial charge >= 0.3 is 0 Å². The van der Waals surface area contributed by atoms with E-state index in [9.17, 15) is 9.59 Å². The summed E-state index contributed by atoms with van der Waals surface area (Å²) in [4.78, 5) is 32.0. The summed E-state index contributed by atoms with van der Waals surface area (Å²) in [6.45, 7) is 4.29. The van der Waals surface area contributed by atoms with E-state index in [0.717, 1.165) is 31.7 Å². The van der Waals surface area contributed by atoms with Gasteiger partial charge in [-0.15, -0.1) is 0 Å². The fourth-order valence-electron chi connectivity index (χ4n) is 6.06. The molecule has 4 aromatic rings. The summed E-state index contributed by atoms with van der Waals surface area (Å²) in [5.41, 5.74) is 4.93. The molecule has 0 atom stereocenters. The Morgan fingerprint density at radius 3 is 1.85 bits per heavy atom. The summed E-state index contributed by atoms with van der Waals surface area (Å²) in [6.07, 6.45) is 0. The number of rotatable bonds is 7. The molecule has 0 amide bonds. The molecule has 202 valence electrons. The molecule has 6 heteroatoms. The second-order valence-electron chi connectivity index (χ2n) is 10.3. The molecule has 0 spiro atoms. The van der Waals surface area contributed by atoms with E-state index in [4.69, 9.17) is 9.47 Å². The van der Waals surface area contributed by atoms with Crippen LogP contribution in [0, 0.1) is 0 Å². The third kappa shape index (κ3) is 4.70. The maximum absolute atomic E-state index is 13.5. The number of nitrogens with zero attached hydrogens (tertiary/aromatic N) is 2. The van der Waals surface area contributed by atoms with E-state index in [0.29, 0.717) is 40.3 Å². The first-order valence-corrected chi connectivity index (χ1v) is 13.6. The zero-order valence-corrected chi connectivity index (χ0v) is 22.8. The normalized spacial score (nSPS) is 15.6. The molecule has 0 aromatic heterocycles. The molecule has 0 saturated carbocycles. The minimum atomic E-state index is -0.244. The maximum atomic E-state index is 13.5. The highest BCUT2D eigenvalue weighted by molar-refractivity contribution is 6.30. The van der Waals surface area contributed by atoms with E-state index >= 15 is 0 Å². The summed E-state index contributed by atoms with van der Waals surface area (Å²) < 4.78 is 11.1. The third-order valence-electron chi connectivity index (χ3n) is 7.98. The molecule has 1 aliphatic carbocycles. The van der Waals surface area contributed by atoms with E-state index in [2.05, 4.69) is 70.5 Å². The highest BCUT2D eigenvalue weighted by Crippen LogP contribution is 2.38. The first kappa shape index (κ1) is 26.0. The minimum absolute atomic E-state index is 0.179. The topological polar surface area (TPSA) is 59.1 Å². The van der Waals surface area contributed by atoms with Crippen molar-refractivity contribution in [3.63, 3.8) is 0 Å². The standard InChI is InChI=1S/C34H32N2O4/c1-39-28-15-9-14-26-30(28)34(38)31-27(33(26)37)20-23(21-29(31)40-2)22-35-16-18-36(19-17-35)32(24-10-5-3-6-11-24)25-12-7-4-8-13-25/h3-15,20-21,32H,16-19,22H2,1-2H3. The molecule has 1 fully saturated rings. The number of benzene rings is 4. The third-order valence-corrected chi connectivity index (χ3v) is 7.98. The largest absolute Gasteiger partial charge is 0.496 e. The predicted octanol–water partition coefficient (Wildman–Crippen LogP) is 5.39. The number of hydrogen-bond donors (Lipinski definition) is 0. The van der Waals surface area contributed by atoms with Gasteiger partial charge in [-0.2, -0.15) is 0 Å². The Labute approximate surface area is 234 Å². The Balaban J connectivity index is 1.23. The monoisotopic (exact) mass is 532 g/mol. The molecule has 0 unspecified atom stereocenters. The van der Waals surface area contributed by atoms with Crippen molar-refractivity contribution in [2.75, 3.05) is 40.4 Å². The smallest absolute Gasteiger partial charge is 0.201 e. The molecule has 0 bridgehead atoms. The number of hydrogen-bond acceptors (Lipinski definition) is 6. The number of methoxy groups -OCH3 is 2. The Bertz CT molecular complexity index is 1500. The molecule has 6 rings (SSSR count). The van der Waals surface area contributed by atoms with Crippen LogP contribution >= 0.6 is 0 Å². The van der Waals surface area contributed by atoms with Gasteiger partial charge in [0.15, 0.2) is 5.78 Å². The Hall–Kier alpha value is -4.26. The van der Waals surface area contributed by atoms with E-state index in [1.165, 1.54) is 18.2 Å². The first-order chi connectivity index (χ1) is 19.6. The van der Waals surface area contributed by atoms with Crippen molar-refractivity contribution in [3.05, 3.63) is 130 Å². The highest BCUT2D eigenvalue weighted by Gasteiger charge is 2.35. The molecule has 40 heavy (non-hydrogen) atoms. The SMILES string of the molecule is COc1cccc2c1C(=O)c1c(OC)cc(CN3CCN(C(c4ccccc4)c4ccccc4)CC3)cc1C2=O. The summed E-state index contributed by atoms with van der Waals surface area (Å²) in [5, 5.41) is 0. The van der Waals surface area contributed by atoms with Gasteiger partial charge in [0, 0.05) is 43.9 Å². The van der Waals surface area contributed by atoms with Crippen molar-refractivity contribution < 1.29 is 19.1 Å². The first-order valence-electron chi connectivity index (χ1n) is 13.6. The molecular formula is C34H32N2O4. The second-order valence-corrected chi connectivity index (χ2v) is 10.3. The van der Waals surface area contributed by atoms with Gasteiger partial charge in [-0.25, -0.2) is 0 Å². The van der Waals surface area contributed by atoms with Gasteiger partial charge in [0.2, 0.25) is 5.78 Å². The molecule has 4 aromatic carbocycles. The van der Waals surface area contributed by atoms with Crippen LogP contribution in [0.3, 0.4) is 0 Å². The highest BCUT2D eigenvalue weighted by atomic mass is 16.5. The number of fused-ring (bicyclic) bond motifs is 2. The van der Waals surface area contributed by atoms with Gasteiger partial charge < -0.3 is 9.47 Å². The van der Waals surface area contributed by atoms with E-state index in [-0.39, 0.29) is 17.6 Å². The minimum Gasteiger partial charge on any atom is -0.496 e. The molecule has 1 saturated heterocycles. The fourth-order valence-corrected chi connectivity index (χ4v) is 6.06. The predicted molar refractivity (Wildman–Crippen MR) is 154 cm³/mol. The molecule has 6 nitrogen and oxygen atoms in total. The number of ether oxygens (including phenoxy) is 2. The summed E-state index contributed by atoms with van der Waals surface area (Å²) in [7, 11) is 3.05. The van der Waals surface area contributed by atoms with Gasteiger partial charge in [-0.3, -0.25) is 19.4 Å². The lowest BCUT2D eigenvalue weighted by molar-refractivity contribution is 0.0972. The Morgan fingerprint density at radius 1 is 0.650 bits per heavy atom. The number of carbonyl (C=O) groups excluding carboxylic acids is 2. The lowest BCUT2D eigenvalue weighted by Crippen LogP contribution is -2.47. The van der Waals surface area contributed by atoms with Crippen LogP contribution in [-0.2, 0) is 6.54 Å². The second kappa shape index (κ2) is 11.1. The zero-order valence-electron chi connectivity index (χ0n) is 22.8. The van der Waals surface area contributed by atoms with Crippen molar-refractivity contribution in [2.45, 2.75) is 12.6 Å². The van der Waals surface area contributed by atoms with E-state index in [1.54, 1.807) is 25.3 Å². The average Bonchev–Trinajstić information content (AvgIpc) is 3.01. The van der Waals surface area contributed by atoms with E-state index < -0.39 is 0 Å². The van der Waals surface area contributed by atoms with Gasteiger partial charge in [-0.1, -0.05) is 72.8 Å². The van der Waals surface area contributed by atoms with Gasteiger partial charge in [0.25, 0.3) is 0 Å². The van der Waals surface area contributed by atoms with Crippen molar-refractivity contribution in [1.29, 1.82) is 0 Å². The van der Waals surface area contributed by atoms with Crippen LogP contribution in [0.4, 0.5) is 0 Å². The lowest BCUT2D eigenvalue weighted by atomic mass is 9.82. The molecule has 1 aliphatic heterocycles. The number of carbonyl (C=O) groups is 2. The van der Waals surface area contributed by atoms with Gasteiger partial charge in [-0.05, 0) is 34.9 Å². The quantitative estimate of drug-likeness (QED) is 0.280. The van der Waals surface area contributed by atoms with Gasteiger partial charge in [0.05, 0.1) is 31.4 Å². The zero-order chi connectivity index (χ0) is 27.6. The molecule has 0 radical (unpaired) electrons. The summed E-state index contributed by atoms with van der Waals surface area (Å²) >= 11 is 0. The molecular weight excluding hydrogens is 500 g/mol. The number of piperazine rings is 1. The van der Waals surface area contributed by atoms with Crippen LogP contribution in [0.1, 0.15) is 54.6 Å².